The minimum absolute atomic E-state index is 0.0847. The Morgan fingerprint density at radius 3 is 2.53 bits per heavy atom. The fraction of sp³-hybridized carbons (Fsp3) is 0.462. The summed E-state index contributed by atoms with van der Waals surface area (Å²) in [5.74, 6) is 0.0847. The highest BCUT2D eigenvalue weighted by Crippen LogP contribution is 2.20. The molecule has 3 nitrogen and oxygen atoms in total. The van der Waals surface area contributed by atoms with Crippen LogP contribution in [0.5, 0.6) is 0 Å². The van der Waals surface area contributed by atoms with E-state index in [0.717, 1.165) is 18.5 Å². The number of rotatable bonds is 5. The van der Waals surface area contributed by atoms with Crippen LogP contribution >= 0.6 is 11.8 Å². The highest BCUT2D eigenvalue weighted by Gasteiger charge is 2.25. The van der Waals surface area contributed by atoms with Crippen LogP contribution in [0.4, 0.5) is 5.69 Å². The van der Waals surface area contributed by atoms with E-state index in [4.69, 9.17) is 0 Å². The van der Waals surface area contributed by atoms with Crippen molar-refractivity contribution in [1.29, 1.82) is 0 Å². The molecule has 1 amide bonds. The van der Waals surface area contributed by atoms with Crippen LogP contribution in [0.3, 0.4) is 0 Å². The topological polar surface area (TPSA) is 41.1 Å². The second kappa shape index (κ2) is 5.45. The van der Waals surface area contributed by atoms with Crippen LogP contribution in [0.25, 0.3) is 0 Å². The van der Waals surface area contributed by atoms with Crippen molar-refractivity contribution in [2.24, 2.45) is 0 Å². The molecular weight excluding hydrogens is 232 g/mol. The van der Waals surface area contributed by atoms with Gasteiger partial charge in [-0.15, -0.1) is 11.8 Å². The number of hydrogen-bond donors (Lipinski definition) is 2. The molecule has 4 heteroatoms. The zero-order valence-electron chi connectivity index (χ0n) is 10.2. The number of carbonyl (C=O) groups is 1. The third kappa shape index (κ3) is 3.66. The summed E-state index contributed by atoms with van der Waals surface area (Å²) >= 11 is 1.71. The smallest absolute Gasteiger partial charge is 0.242 e. The highest BCUT2D eigenvalue weighted by molar-refractivity contribution is 7.98. The molecule has 1 aromatic carbocycles. The van der Waals surface area contributed by atoms with Gasteiger partial charge in [0, 0.05) is 16.6 Å². The number of amides is 1. The van der Waals surface area contributed by atoms with E-state index in [-0.39, 0.29) is 11.9 Å². The molecule has 0 aliphatic heterocycles. The second-order valence-electron chi connectivity index (χ2n) is 4.38. The third-order valence-electron chi connectivity index (χ3n) is 2.79. The van der Waals surface area contributed by atoms with Crippen molar-refractivity contribution in [2.75, 3.05) is 11.6 Å². The molecule has 0 radical (unpaired) electrons. The predicted molar refractivity (Wildman–Crippen MR) is 72.5 cm³/mol. The monoisotopic (exact) mass is 250 g/mol. The van der Waals surface area contributed by atoms with Gasteiger partial charge < -0.3 is 10.6 Å². The van der Waals surface area contributed by atoms with Gasteiger partial charge in [-0.25, -0.2) is 0 Å². The van der Waals surface area contributed by atoms with Crippen LogP contribution in [-0.4, -0.2) is 24.2 Å². The average Bonchev–Trinajstić information content (AvgIpc) is 3.14. The SMILES string of the molecule is CSc1ccc(NC(C)C(=O)NC2CC2)cc1. The lowest BCUT2D eigenvalue weighted by Gasteiger charge is -2.15. The molecule has 1 atom stereocenters. The van der Waals surface area contributed by atoms with Gasteiger partial charge in [0.15, 0.2) is 0 Å². The minimum Gasteiger partial charge on any atom is -0.374 e. The summed E-state index contributed by atoms with van der Waals surface area (Å²) in [6.45, 7) is 1.89. The molecule has 0 aromatic heterocycles. The van der Waals surface area contributed by atoms with Gasteiger partial charge in [0.2, 0.25) is 5.91 Å². The first-order valence-electron chi connectivity index (χ1n) is 5.90. The minimum atomic E-state index is -0.185. The van der Waals surface area contributed by atoms with E-state index < -0.39 is 0 Å². The fourth-order valence-corrected chi connectivity index (χ4v) is 1.96. The Morgan fingerprint density at radius 1 is 1.35 bits per heavy atom. The fourth-order valence-electron chi connectivity index (χ4n) is 1.56. The molecule has 92 valence electrons. The van der Waals surface area contributed by atoms with Gasteiger partial charge in [-0.3, -0.25) is 4.79 Å². The Balaban J connectivity index is 1.87. The Bertz CT molecular complexity index is 387. The quantitative estimate of drug-likeness (QED) is 0.789. The molecule has 0 heterocycles. The lowest BCUT2D eigenvalue weighted by Crippen LogP contribution is -2.38. The maximum Gasteiger partial charge on any atom is 0.242 e. The Kier molecular flexibility index (Phi) is 3.94. The van der Waals surface area contributed by atoms with Crippen LogP contribution in [0.15, 0.2) is 29.2 Å². The average molecular weight is 250 g/mol. The molecule has 0 bridgehead atoms. The first-order chi connectivity index (χ1) is 8.19. The standard InChI is InChI=1S/C13H18N2OS/c1-9(13(16)15-11-3-4-11)14-10-5-7-12(17-2)8-6-10/h5-9,11,14H,3-4H2,1-2H3,(H,15,16). The summed E-state index contributed by atoms with van der Waals surface area (Å²) in [5, 5.41) is 6.20. The van der Waals surface area contributed by atoms with Gasteiger partial charge in [-0.2, -0.15) is 0 Å². The largest absolute Gasteiger partial charge is 0.374 e. The van der Waals surface area contributed by atoms with Crippen LogP contribution in [0.1, 0.15) is 19.8 Å². The molecule has 2 rings (SSSR count). The number of thioether (sulfide) groups is 1. The zero-order chi connectivity index (χ0) is 12.3. The molecule has 2 N–H and O–H groups in total. The van der Waals surface area contributed by atoms with Crippen molar-refractivity contribution in [3.63, 3.8) is 0 Å². The second-order valence-corrected chi connectivity index (χ2v) is 5.26. The number of anilines is 1. The van der Waals surface area contributed by atoms with Crippen LogP contribution < -0.4 is 10.6 Å². The summed E-state index contributed by atoms with van der Waals surface area (Å²) < 4.78 is 0. The number of benzene rings is 1. The van der Waals surface area contributed by atoms with Crippen molar-refractivity contribution in [1.82, 2.24) is 5.32 Å². The zero-order valence-corrected chi connectivity index (χ0v) is 11.0. The van der Waals surface area contributed by atoms with Crippen LogP contribution in [0.2, 0.25) is 0 Å². The van der Waals surface area contributed by atoms with E-state index in [0.29, 0.717) is 6.04 Å². The molecule has 17 heavy (non-hydrogen) atoms. The first kappa shape index (κ1) is 12.3. The van der Waals surface area contributed by atoms with Crippen LogP contribution in [-0.2, 0) is 4.79 Å². The van der Waals surface area contributed by atoms with Gasteiger partial charge in [0.1, 0.15) is 6.04 Å². The molecule has 1 saturated carbocycles. The summed E-state index contributed by atoms with van der Waals surface area (Å²) in [7, 11) is 0. The van der Waals surface area contributed by atoms with E-state index >= 15 is 0 Å². The number of carbonyl (C=O) groups excluding carboxylic acids is 1. The molecule has 0 saturated heterocycles. The molecular formula is C13H18N2OS. The summed E-state index contributed by atoms with van der Waals surface area (Å²) in [4.78, 5) is 13.0. The molecule has 1 aromatic rings. The van der Waals surface area contributed by atoms with E-state index in [2.05, 4.69) is 22.8 Å². The van der Waals surface area contributed by atoms with Crippen molar-refractivity contribution >= 4 is 23.4 Å². The van der Waals surface area contributed by atoms with Gasteiger partial charge in [-0.05, 0) is 50.3 Å². The maximum absolute atomic E-state index is 11.7. The van der Waals surface area contributed by atoms with E-state index in [9.17, 15) is 4.79 Å². The van der Waals surface area contributed by atoms with Gasteiger partial charge >= 0.3 is 0 Å². The predicted octanol–water partition coefficient (Wildman–Crippen LogP) is 2.49. The summed E-state index contributed by atoms with van der Waals surface area (Å²) in [6.07, 6.45) is 4.30. The Hall–Kier alpha value is -1.16. The van der Waals surface area contributed by atoms with E-state index in [1.807, 2.05) is 25.3 Å². The third-order valence-corrected chi connectivity index (χ3v) is 3.53. The normalized spacial score (nSPS) is 16.4. The Morgan fingerprint density at radius 2 is 2.00 bits per heavy atom. The molecule has 1 aliphatic rings. The number of hydrogen-bond acceptors (Lipinski definition) is 3. The Labute approximate surface area is 106 Å². The number of nitrogens with one attached hydrogen (secondary N) is 2. The maximum atomic E-state index is 11.7. The lowest BCUT2D eigenvalue weighted by atomic mass is 10.2. The lowest BCUT2D eigenvalue weighted by molar-refractivity contribution is -0.121. The van der Waals surface area contributed by atoms with Crippen molar-refractivity contribution in [3.8, 4) is 0 Å². The highest BCUT2D eigenvalue weighted by atomic mass is 32.2. The van der Waals surface area contributed by atoms with Crippen molar-refractivity contribution in [2.45, 2.75) is 36.7 Å². The van der Waals surface area contributed by atoms with Gasteiger partial charge in [0.05, 0.1) is 0 Å². The van der Waals surface area contributed by atoms with E-state index in [1.54, 1.807) is 11.8 Å². The van der Waals surface area contributed by atoms with Gasteiger partial charge in [0.25, 0.3) is 0 Å². The van der Waals surface area contributed by atoms with Crippen molar-refractivity contribution in [3.05, 3.63) is 24.3 Å². The molecule has 1 fully saturated rings. The molecule has 1 aliphatic carbocycles. The molecule has 1 unspecified atom stereocenters. The summed E-state index contributed by atoms with van der Waals surface area (Å²) in [5.41, 5.74) is 0.987. The van der Waals surface area contributed by atoms with E-state index in [1.165, 1.54) is 4.90 Å². The molecule has 0 spiro atoms. The first-order valence-corrected chi connectivity index (χ1v) is 7.12. The van der Waals surface area contributed by atoms with Gasteiger partial charge in [-0.1, -0.05) is 0 Å². The van der Waals surface area contributed by atoms with Crippen LogP contribution in [0, 0.1) is 0 Å². The van der Waals surface area contributed by atoms with Crippen molar-refractivity contribution < 1.29 is 4.79 Å². The summed E-state index contributed by atoms with van der Waals surface area (Å²) in [6, 6.07) is 8.36.